The van der Waals surface area contributed by atoms with Gasteiger partial charge in [-0.05, 0) is 18.6 Å². The second-order valence-electron chi connectivity index (χ2n) is 6.12. The molecule has 2 unspecified atom stereocenters. The minimum Gasteiger partial charge on any atom is -0.496 e. The Kier molecular flexibility index (Phi) is 4.06. The van der Waals surface area contributed by atoms with Crippen LogP contribution in [0.4, 0.5) is 9.52 Å². The molecule has 0 radical (unpaired) electrons. The maximum absolute atomic E-state index is 13.5. The molecule has 2 aromatic heterocycles. The lowest BCUT2D eigenvalue weighted by Gasteiger charge is -2.33. The summed E-state index contributed by atoms with van der Waals surface area (Å²) in [7, 11) is 1.50. The van der Waals surface area contributed by atoms with E-state index in [1.807, 2.05) is 4.90 Å². The lowest BCUT2D eigenvalue weighted by Crippen LogP contribution is -2.49. The average molecular weight is 363 g/mol. The zero-order valence-electron chi connectivity index (χ0n) is 13.6. The fourth-order valence-electron chi connectivity index (χ4n) is 3.14. The summed E-state index contributed by atoms with van der Waals surface area (Å²) in [5.74, 6) is 0.0587. The van der Waals surface area contributed by atoms with Crippen molar-refractivity contribution in [2.75, 3.05) is 25.1 Å². The van der Waals surface area contributed by atoms with Gasteiger partial charge in [0.05, 0.1) is 25.1 Å². The minimum atomic E-state index is -0.461. The maximum atomic E-state index is 13.5. The van der Waals surface area contributed by atoms with Gasteiger partial charge in [-0.2, -0.15) is 0 Å². The number of nitrogens with zero attached hydrogens (tertiary/aromatic N) is 4. The SMILES string of the molecule is COc1cc(F)ccc1-c1cnc2sc(N3CC(N)CC(O)C3)nn12. The van der Waals surface area contributed by atoms with Gasteiger partial charge < -0.3 is 20.5 Å². The van der Waals surface area contributed by atoms with Crippen LogP contribution in [0.2, 0.25) is 0 Å². The number of hydrogen-bond donors (Lipinski definition) is 2. The van der Waals surface area contributed by atoms with E-state index in [9.17, 15) is 9.50 Å². The molecule has 3 N–H and O–H groups in total. The van der Waals surface area contributed by atoms with Crippen LogP contribution in [0, 0.1) is 5.82 Å². The summed E-state index contributed by atoms with van der Waals surface area (Å²) in [4.78, 5) is 7.08. The van der Waals surface area contributed by atoms with Crippen LogP contribution in [-0.4, -0.2) is 52.0 Å². The Morgan fingerprint density at radius 3 is 3.00 bits per heavy atom. The molecule has 25 heavy (non-hydrogen) atoms. The number of aliphatic hydroxyl groups is 1. The largest absolute Gasteiger partial charge is 0.496 e. The molecule has 2 atom stereocenters. The van der Waals surface area contributed by atoms with E-state index < -0.39 is 6.10 Å². The van der Waals surface area contributed by atoms with Crippen LogP contribution in [0.3, 0.4) is 0 Å². The number of methoxy groups -OCH3 is 1. The number of piperidine rings is 1. The number of anilines is 1. The predicted molar refractivity (Wildman–Crippen MR) is 93.6 cm³/mol. The number of nitrogens with two attached hydrogens (primary N) is 1. The number of ether oxygens (including phenoxy) is 1. The molecule has 3 aromatic rings. The van der Waals surface area contributed by atoms with Gasteiger partial charge in [0.2, 0.25) is 10.1 Å². The van der Waals surface area contributed by atoms with Crippen LogP contribution in [0.5, 0.6) is 5.75 Å². The van der Waals surface area contributed by atoms with E-state index in [2.05, 4.69) is 10.1 Å². The number of β-amino-alcohol motifs (C(OH)–C–C–N with tert-alkyl or cyclic N) is 1. The zero-order chi connectivity index (χ0) is 17.6. The zero-order valence-corrected chi connectivity index (χ0v) is 14.4. The Morgan fingerprint density at radius 1 is 1.40 bits per heavy atom. The maximum Gasteiger partial charge on any atom is 0.214 e. The fourth-order valence-corrected chi connectivity index (χ4v) is 4.03. The van der Waals surface area contributed by atoms with Crippen molar-refractivity contribution < 1.29 is 14.2 Å². The number of fused-ring (bicyclic) bond motifs is 1. The normalized spacial score (nSPS) is 21.0. The van der Waals surface area contributed by atoms with Crippen molar-refractivity contribution in [3.8, 4) is 17.0 Å². The van der Waals surface area contributed by atoms with E-state index in [1.165, 1.54) is 30.6 Å². The number of imidazole rings is 1. The van der Waals surface area contributed by atoms with Gasteiger partial charge in [0, 0.05) is 30.8 Å². The van der Waals surface area contributed by atoms with Gasteiger partial charge in [0.15, 0.2) is 0 Å². The summed E-state index contributed by atoms with van der Waals surface area (Å²) < 4.78 is 20.4. The second-order valence-corrected chi connectivity index (χ2v) is 7.06. The quantitative estimate of drug-likeness (QED) is 0.733. The number of aliphatic hydroxyl groups excluding tert-OH is 1. The van der Waals surface area contributed by atoms with Crippen molar-refractivity contribution in [3.05, 3.63) is 30.2 Å². The molecule has 132 valence electrons. The summed E-state index contributed by atoms with van der Waals surface area (Å²) in [6, 6.07) is 4.28. The van der Waals surface area contributed by atoms with E-state index in [0.717, 1.165) is 10.8 Å². The van der Waals surface area contributed by atoms with Crippen LogP contribution in [0.1, 0.15) is 6.42 Å². The minimum absolute atomic E-state index is 0.0864. The Bertz CT molecular complexity index is 901. The predicted octanol–water partition coefficient (Wildman–Crippen LogP) is 1.50. The first-order valence-electron chi connectivity index (χ1n) is 7.92. The molecule has 0 amide bonds. The Balaban J connectivity index is 1.74. The number of aromatic nitrogens is 3. The molecule has 0 spiro atoms. The third-order valence-electron chi connectivity index (χ3n) is 4.25. The molecular formula is C16H18FN5O2S. The van der Waals surface area contributed by atoms with E-state index in [4.69, 9.17) is 10.5 Å². The Hall–Kier alpha value is -2.23. The summed E-state index contributed by atoms with van der Waals surface area (Å²) in [6.07, 6.45) is 1.82. The van der Waals surface area contributed by atoms with Gasteiger partial charge in [-0.3, -0.25) is 0 Å². The van der Waals surface area contributed by atoms with Gasteiger partial charge in [-0.25, -0.2) is 13.9 Å². The van der Waals surface area contributed by atoms with Crippen molar-refractivity contribution in [1.82, 2.24) is 14.6 Å². The highest BCUT2D eigenvalue weighted by Gasteiger charge is 2.26. The highest BCUT2D eigenvalue weighted by Crippen LogP contribution is 2.34. The molecule has 3 heterocycles. The molecule has 1 aromatic carbocycles. The number of benzene rings is 1. The summed E-state index contributed by atoms with van der Waals surface area (Å²) in [6.45, 7) is 1.14. The third-order valence-corrected chi connectivity index (χ3v) is 5.23. The summed E-state index contributed by atoms with van der Waals surface area (Å²) in [5.41, 5.74) is 7.43. The topological polar surface area (TPSA) is 88.9 Å². The smallest absolute Gasteiger partial charge is 0.214 e. The lowest BCUT2D eigenvalue weighted by molar-refractivity contribution is 0.145. The van der Waals surface area contributed by atoms with Gasteiger partial charge >= 0.3 is 0 Å². The fraction of sp³-hybridized carbons (Fsp3) is 0.375. The molecule has 0 aliphatic carbocycles. The van der Waals surface area contributed by atoms with Gasteiger partial charge in [-0.15, -0.1) is 5.10 Å². The van der Waals surface area contributed by atoms with Gasteiger partial charge in [-0.1, -0.05) is 11.3 Å². The number of rotatable bonds is 3. The number of halogens is 1. The second kappa shape index (κ2) is 6.25. The molecule has 1 aliphatic heterocycles. The van der Waals surface area contributed by atoms with Crippen LogP contribution >= 0.6 is 11.3 Å². The summed E-state index contributed by atoms with van der Waals surface area (Å²) in [5, 5.41) is 15.3. The first-order valence-corrected chi connectivity index (χ1v) is 8.74. The molecule has 1 fully saturated rings. The van der Waals surface area contributed by atoms with Crippen LogP contribution in [0.25, 0.3) is 16.2 Å². The van der Waals surface area contributed by atoms with Crippen molar-refractivity contribution in [1.29, 1.82) is 0 Å². The van der Waals surface area contributed by atoms with E-state index >= 15 is 0 Å². The number of hydrogen-bond acceptors (Lipinski definition) is 7. The van der Waals surface area contributed by atoms with Crippen molar-refractivity contribution in [2.24, 2.45) is 5.73 Å². The molecule has 0 saturated carbocycles. The van der Waals surface area contributed by atoms with Crippen LogP contribution < -0.4 is 15.4 Å². The standard InChI is InChI=1S/C16H18FN5O2S/c1-24-14-4-9(17)2-3-12(14)13-6-19-15-22(13)20-16(25-15)21-7-10(18)5-11(23)8-21/h2-4,6,10-11,23H,5,7-8,18H2,1H3. The summed E-state index contributed by atoms with van der Waals surface area (Å²) >= 11 is 1.43. The van der Waals surface area contributed by atoms with Gasteiger partial charge in [0.1, 0.15) is 11.6 Å². The Labute approximate surface area is 147 Å². The van der Waals surface area contributed by atoms with E-state index in [1.54, 1.807) is 16.8 Å². The van der Waals surface area contributed by atoms with Crippen molar-refractivity contribution in [3.63, 3.8) is 0 Å². The molecule has 7 nitrogen and oxygen atoms in total. The molecular weight excluding hydrogens is 345 g/mol. The van der Waals surface area contributed by atoms with Crippen LogP contribution in [-0.2, 0) is 0 Å². The molecule has 4 rings (SSSR count). The highest BCUT2D eigenvalue weighted by atomic mass is 32.1. The monoisotopic (exact) mass is 363 g/mol. The van der Waals surface area contributed by atoms with Crippen molar-refractivity contribution >= 4 is 21.4 Å². The Morgan fingerprint density at radius 2 is 2.24 bits per heavy atom. The average Bonchev–Trinajstić information content (AvgIpc) is 3.14. The molecule has 0 bridgehead atoms. The van der Waals surface area contributed by atoms with Crippen LogP contribution in [0.15, 0.2) is 24.4 Å². The highest BCUT2D eigenvalue weighted by molar-refractivity contribution is 7.20. The molecule has 1 aliphatic rings. The van der Waals surface area contributed by atoms with E-state index in [0.29, 0.717) is 35.8 Å². The van der Waals surface area contributed by atoms with Gasteiger partial charge in [0.25, 0.3) is 0 Å². The van der Waals surface area contributed by atoms with Crippen molar-refractivity contribution in [2.45, 2.75) is 18.6 Å². The lowest BCUT2D eigenvalue weighted by atomic mass is 10.1. The molecule has 1 saturated heterocycles. The van der Waals surface area contributed by atoms with E-state index in [-0.39, 0.29) is 11.9 Å². The molecule has 9 heteroatoms. The third kappa shape index (κ3) is 2.94. The first-order chi connectivity index (χ1) is 12.0. The first kappa shape index (κ1) is 16.2.